The smallest absolute Gasteiger partial charge is 0.387 e. The number of aliphatic hydroxyl groups is 2. The van der Waals surface area contributed by atoms with Gasteiger partial charge in [0.15, 0.2) is 6.23 Å². The van der Waals surface area contributed by atoms with Crippen molar-refractivity contribution in [3.63, 3.8) is 0 Å². The molecule has 0 saturated carbocycles. The molecule has 0 amide bonds. The first-order chi connectivity index (χ1) is 13.1. The summed E-state index contributed by atoms with van der Waals surface area (Å²) < 4.78 is 50.6. The summed E-state index contributed by atoms with van der Waals surface area (Å²) >= 11 is 0. The first kappa shape index (κ1) is 24.2. The summed E-state index contributed by atoms with van der Waals surface area (Å²) in [6.45, 7) is -1.05. The summed E-state index contributed by atoms with van der Waals surface area (Å²) in [6.07, 6.45) is -5.70. The summed E-state index contributed by atoms with van der Waals surface area (Å²) in [7, 11) is -16.8. The van der Waals surface area contributed by atoms with E-state index in [1.165, 1.54) is 0 Å². The molecule has 2 unspecified atom stereocenters. The molecule has 1 fully saturated rings. The minimum atomic E-state index is -5.73. The third kappa shape index (κ3) is 6.73. The van der Waals surface area contributed by atoms with Crippen molar-refractivity contribution in [2.75, 3.05) is 6.61 Å². The number of H-pyrrole nitrogens is 1. The van der Waals surface area contributed by atoms with Crippen LogP contribution in [0.25, 0.3) is 0 Å². The number of hydrogen-bond donors (Lipinski definition) is 7. The number of ether oxygens (including phenoxy) is 1. The van der Waals surface area contributed by atoms with E-state index in [-0.39, 0.29) is 0 Å². The molecule has 0 aliphatic carbocycles. The van der Waals surface area contributed by atoms with Crippen LogP contribution in [0.15, 0.2) is 21.9 Å². The number of phosphoric acid groups is 3. The molecular weight excluding hydrogens is 469 g/mol. The molecule has 0 bridgehead atoms. The van der Waals surface area contributed by atoms with Crippen LogP contribution in [0.3, 0.4) is 0 Å². The third-order valence-corrected chi connectivity index (χ3v) is 7.08. The van der Waals surface area contributed by atoms with Crippen molar-refractivity contribution in [2.24, 2.45) is 0 Å². The highest BCUT2D eigenvalue weighted by Crippen LogP contribution is 2.66. The summed E-state index contributed by atoms with van der Waals surface area (Å²) in [4.78, 5) is 59.9. The predicted molar refractivity (Wildman–Crippen MR) is 87.1 cm³/mol. The van der Waals surface area contributed by atoms with Crippen molar-refractivity contribution in [1.29, 1.82) is 0 Å². The summed E-state index contributed by atoms with van der Waals surface area (Å²) in [5.74, 6) is 0. The van der Waals surface area contributed by atoms with Gasteiger partial charge in [0.2, 0.25) is 0 Å². The molecule has 1 saturated heterocycles. The molecule has 1 aliphatic heterocycles. The summed E-state index contributed by atoms with van der Waals surface area (Å²) in [5.41, 5.74) is -1.74. The van der Waals surface area contributed by atoms with Gasteiger partial charge in [-0.1, -0.05) is 0 Å². The summed E-state index contributed by atoms with van der Waals surface area (Å²) in [6, 6.07) is 0.920. The molecule has 0 radical (unpaired) electrons. The maximum Gasteiger partial charge on any atom is 0.490 e. The number of hydrogen-bond acceptors (Lipinski definition) is 11. The Balaban J connectivity index is 2.06. The second kappa shape index (κ2) is 8.61. The number of aliphatic hydroxyl groups excluding tert-OH is 2. The van der Waals surface area contributed by atoms with E-state index < -0.39 is 65.9 Å². The van der Waals surface area contributed by atoms with Crippen LogP contribution in [0.2, 0.25) is 0 Å². The number of nitrogens with zero attached hydrogens (tertiary/aromatic N) is 1. The Bertz CT molecular complexity index is 997. The molecular formula is C9H15N2O15P3. The van der Waals surface area contributed by atoms with Crippen LogP contribution in [0.1, 0.15) is 6.23 Å². The Labute approximate surface area is 159 Å². The maximum absolute atomic E-state index is 11.7. The van der Waals surface area contributed by atoms with Gasteiger partial charge in [-0.2, -0.15) is 8.62 Å². The Morgan fingerprint density at radius 3 is 2.21 bits per heavy atom. The summed E-state index contributed by atoms with van der Waals surface area (Å²) in [5, 5.41) is 19.9. The Kier molecular flexibility index (Phi) is 7.20. The number of nitrogens with one attached hydrogen (secondary N) is 1. The van der Waals surface area contributed by atoms with Crippen LogP contribution >= 0.6 is 23.5 Å². The lowest BCUT2D eigenvalue weighted by atomic mass is 10.1. The lowest BCUT2D eigenvalue weighted by Crippen LogP contribution is -2.37. The average Bonchev–Trinajstić information content (AvgIpc) is 2.78. The lowest BCUT2D eigenvalue weighted by molar-refractivity contribution is -0.0542. The highest BCUT2D eigenvalue weighted by molar-refractivity contribution is 7.66. The van der Waals surface area contributed by atoms with Crippen molar-refractivity contribution >= 4 is 23.5 Å². The Hall–Kier alpha value is -1.03. The van der Waals surface area contributed by atoms with Crippen molar-refractivity contribution in [3.8, 4) is 0 Å². The number of phosphoric ester groups is 1. The molecule has 0 aromatic carbocycles. The van der Waals surface area contributed by atoms with Crippen molar-refractivity contribution in [1.82, 2.24) is 9.55 Å². The van der Waals surface area contributed by atoms with Gasteiger partial charge in [0, 0.05) is 12.3 Å². The standard InChI is InChI=1S/C9H15N2O15P3/c12-5-1-2-11(9(15)10-5)8-7(14)6(13)4(24-8)3-23-28(19,20)26-29(21,22)25-27(16,17)18/h1-2,4,6-8,13-14H,3H2,(H,19,20)(H,21,22)(H,10,12,15)(H2,16,17,18)/t4-,6-,7+,8-/m1/s1. The molecule has 1 aromatic rings. The largest absolute Gasteiger partial charge is 0.490 e. The van der Waals surface area contributed by atoms with E-state index in [4.69, 9.17) is 19.4 Å². The van der Waals surface area contributed by atoms with Crippen LogP contribution in [0.5, 0.6) is 0 Å². The predicted octanol–water partition coefficient (Wildman–Crippen LogP) is -2.50. The van der Waals surface area contributed by atoms with Crippen molar-refractivity contribution in [2.45, 2.75) is 24.5 Å². The van der Waals surface area contributed by atoms with Crippen LogP contribution in [0.4, 0.5) is 0 Å². The van der Waals surface area contributed by atoms with Gasteiger partial charge in [-0.05, 0) is 0 Å². The van der Waals surface area contributed by atoms with Gasteiger partial charge in [-0.15, -0.1) is 0 Å². The van der Waals surface area contributed by atoms with E-state index in [1.807, 2.05) is 4.98 Å². The molecule has 17 nitrogen and oxygen atoms in total. The van der Waals surface area contributed by atoms with Crippen molar-refractivity contribution < 1.29 is 61.4 Å². The van der Waals surface area contributed by atoms with Gasteiger partial charge in [0.1, 0.15) is 18.3 Å². The Morgan fingerprint density at radius 2 is 1.66 bits per heavy atom. The zero-order valence-corrected chi connectivity index (χ0v) is 16.5. The van der Waals surface area contributed by atoms with E-state index in [0.29, 0.717) is 4.57 Å². The average molecular weight is 484 g/mol. The van der Waals surface area contributed by atoms with Crippen LogP contribution in [0, 0.1) is 0 Å². The quantitative estimate of drug-likeness (QED) is 0.188. The molecule has 1 aliphatic rings. The van der Waals surface area contributed by atoms with Gasteiger partial charge >= 0.3 is 29.2 Å². The molecule has 0 spiro atoms. The van der Waals surface area contributed by atoms with Crippen LogP contribution in [-0.4, -0.2) is 64.3 Å². The van der Waals surface area contributed by atoms with Gasteiger partial charge in [-0.25, -0.2) is 18.5 Å². The molecule has 29 heavy (non-hydrogen) atoms. The maximum atomic E-state index is 11.7. The van der Waals surface area contributed by atoms with E-state index in [1.54, 1.807) is 0 Å². The normalized spacial score (nSPS) is 29.3. The van der Waals surface area contributed by atoms with Crippen LogP contribution < -0.4 is 11.2 Å². The molecule has 20 heteroatoms. The minimum Gasteiger partial charge on any atom is -0.387 e. The zero-order valence-electron chi connectivity index (χ0n) is 13.8. The molecule has 2 rings (SSSR count). The molecule has 2 heterocycles. The fraction of sp³-hybridized carbons (Fsp3) is 0.556. The second-order valence-corrected chi connectivity index (χ2v) is 9.87. The lowest BCUT2D eigenvalue weighted by Gasteiger charge is -2.19. The van der Waals surface area contributed by atoms with Gasteiger partial charge in [0.25, 0.3) is 5.56 Å². The fourth-order valence-electron chi connectivity index (χ4n) is 2.20. The highest BCUT2D eigenvalue weighted by Gasteiger charge is 2.46. The Morgan fingerprint density at radius 1 is 1.03 bits per heavy atom. The van der Waals surface area contributed by atoms with E-state index in [9.17, 15) is 38.4 Å². The van der Waals surface area contributed by atoms with E-state index >= 15 is 0 Å². The topological polar surface area (TPSA) is 264 Å². The fourth-order valence-corrected chi connectivity index (χ4v) is 5.23. The van der Waals surface area contributed by atoms with Gasteiger partial charge < -0.3 is 34.5 Å². The number of rotatable bonds is 8. The molecule has 6 atom stereocenters. The van der Waals surface area contributed by atoms with Gasteiger partial charge in [-0.3, -0.25) is 18.9 Å². The SMILES string of the molecule is O=c1ccn([C@@H]2O[C@H](COP(=O)(O)OP(=O)(O)OP(=O)(O)O)[C@@H](O)[C@@H]2O)c(=O)[nH]1. The highest BCUT2D eigenvalue weighted by atomic mass is 31.3. The van der Waals surface area contributed by atoms with E-state index in [2.05, 4.69) is 13.1 Å². The van der Waals surface area contributed by atoms with Crippen LogP contribution in [-0.2, 0) is 31.6 Å². The van der Waals surface area contributed by atoms with Gasteiger partial charge in [0.05, 0.1) is 6.61 Å². The zero-order chi connectivity index (χ0) is 22.2. The second-order valence-electron chi connectivity index (χ2n) is 5.45. The van der Waals surface area contributed by atoms with E-state index in [0.717, 1.165) is 12.3 Å². The third-order valence-electron chi connectivity index (χ3n) is 3.28. The molecule has 7 N–H and O–H groups in total. The first-order valence-corrected chi connectivity index (χ1v) is 11.7. The molecule has 166 valence electrons. The number of aromatic nitrogens is 2. The minimum absolute atomic E-state index is 0.708. The number of aromatic amines is 1. The monoisotopic (exact) mass is 484 g/mol. The van der Waals surface area contributed by atoms with Crippen molar-refractivity contribution in [3.05, 3.63) is 33.1 Å². The molecule has 1 aromatic heterocycles. The first-order valence-electron chi connectivity index (χ1n) is 7.22.